The predicted octanol–water partition coefficient (Wildman–Crippen LogP) is 4.39. The third kappa shape index (κ3) is 2.65. The summed E-state index contributed by atoms with van der Waals surface area (Å²) in [6, 6.07) is 10.5. The Bertz CT molecular complexity index is 704. The minimum absolute atomic E-state index is 0.528. The zero-order chi connectivity index (χ0) is 13.9. The zero-order valence-electron chi connectivity index (χ0n) is 11.5. The lowest BCUT2D eigenvalue weighted by Crippen LogP contribution is -1.98. The molecule has 0 saturated carbocycles. The molecule has 2 heterocycles. The van der Waals surface area contributed by atoms with Gasteiger partial charge in [0.1, 0.15) is 17.8 Å². The quantitative estimate of drug-likeness (QED) is 0.712. The van der Waals surface area contributed by atoms with Gasteiger partial charge < -0.3 is 4.74 Å². The van der Waals surface area contributed by atoms with Gasteiger partial charge in [0.15, 0.2) is 0 Å². The fourth-order valence-corrected chi connectivity index (χ4v) is 2.76. The van der Waals surface area contributed by atoms with Crippen molar-refractivity contribution in [3.8, 4) is 5.88 Å². The van der Waals surface area contributed by atoms with Crippen LogP contribution in [0.4, 0.5) is 0 Å². The fraction of sp³-hybridized carbons (Fsp3) is 0.250. The molecule has 3 rings (SSSR count). The largest absolute Gasteiger partial charge is 0.472 e. The molecule has 0 aliphatic heterocycles. The first-order chi connectivity index (χ1) is 9.74. The van der Waals surface area contributed by atoms with E-state index >= 15 is 0 Å². The molecule has 1 aromatic carbocycles. The van der Waals surface area contributed by atoms with Crippen molar-refractivity contribution in [1.82, 2.24) is 9.97 Å². The molecule has 0 radical (unpaired) electrons. The summed E-state index contributed by atoms with van der Waals surface area (Å²) >= 11 is 1.60. The smallest absolute Gasteiger partial charge is 0.225 e. The minimum atomic E-state index is 0.528. The maximum Gasteiger partial charge on any atom is 0.225 e. The Labute approximate surface area is 122 Å². The molecular formula is C16H16N2OS. The molecule has 0 aliphatic rings. The van der Waals surface area contributed by atoms with Gasteiger partial charge in [-0.3, -0.25) is 0 Å². The van der Waals surface area contributed by atoms with E-state index < -0.39 is 0 Å². The molecule has 0 fully saturated rings. The van der Waals surface area contributed by atoms with Crippen LogP contribution in [0.3, 0.4) is 0 Å². The normalized spacial score (nSPS) is 11.2. The Morgan fingerprint density at radius 1 is 1.10 bits per heavy atom. The van der Waals surface area contributed by atoms with Crippen LogP contribution in [0.5, 0.6) is 5.88 Å². The molecule has 0 amide bonds. The van der Waals surface area contributed by atoms with E-state index in [1.54, 1.807) is 17.7 Å². The van der Waals surface area contributed by atoms with E-state index in [0.717, 1.165) is 15.8 Å². The summed E-state index contributed by atoms with van der Waals surface area (Å²) in [5, 5.41) is 2.99. The SMILES string of the molecule is CC(C)c1ccc(COc2ncnc3sccc23)cc1. The fourth-order valence-electron chi connectivity index (χ4n) is 2.03. The van der Waals surface area contributed by atoms with Crippen molar-refractivity contribution in [1.29, 1.82) is 0 Å². The van der Waals surface area contributed by atoms with Crippen LogP contribution >= 0.6 is 11.3 Å². The number of hydrogen-bond acceptors (Lipinski definition) is 4. The second kappa shape index (κ2) is 5.59. The summed E-state index contributed by atoms with van der Waals surface area (Å²) in [5.74, 6) is 1.21. The lowest BCUT2D eigenvalue weighted by Gasteiger charge is -2.08. The summed E-state index contributed by atoms with van der Waals surface area (Å²) in [5.41, 5.74) is 2.49. The second-order valence-electron chi connectivity index (χ2n) is 5.00. The van der Waals surface area contributed by atoms with E-state index in [-0.39, 0.29) is 0 Å². The molecule has 0 unspecified atom stereocenters. The Morgan fingerprint density at radius 2 is 1.90 bits per heavy atom. The van der Waals surface area contributed by atoms with E-state index in [1.165, 1.54) is 5.56 Å². The topological polar surface area (TPSA) is 35.0 Å². The molecule has 20 heavy (non-hydrogen) atoms. The maximum absolute atomic E-state index is 5.82. The first kappa shape index (κ1) is 13.1. The number of rotatable bonds is 4. The Hall–Kier alpha value is -1.94. The van der Waals surface area contributed by atoms with Crippen molar-refractivity contribution < 1.29 is 4.74 Å². The van der Waals surface area contributed by atoms with Crippen molar-refractivity contribution in [2.45, 2.75) is 26.4 Å². The Morgan fingerprint density at radius 3 is 2.65 bits per heavy atom. The minimum Gasteiger partial charge on any atom is -0.472 e. The average molecular weight is 284 g/mol. The highest BCUT2D eigenvalue weighted by molar-refractivity contribution is 7.16. The van der Waals surface area contributed by atoms with Gasteiger partial charge in [-0.15, -0.1) is 11.3 Å². The van der Waals surface area contributed by atoms with Crippen LogP contribution in [0.25, 0.3) is 10.2 Å². The molecule has 0 spiro atoms. The first-order valence-corrected chi connectivity index (χ1v) is 7.52. The molecule has 3 aromatic rings. The van der Waals surface area contributed by atoms with Crippen LogP contribution in [-0.2, 0) is 6.61 Å². The number of benzene rings is 1. The summed E-state index contributed by atoms with van der Waals surface area (Å²) in [6.07, 6.45) is 1.55. The van der Waals surface area contributed by atoms with E-state index in [0.29, 0.717) is 18.4 Å². The highest BCUT2D eigenvalue weighted by Gasteiger charge is 2.06. The van der Waals surface area contributed by atoms with E-state index in [9.17, 15) is 0 Å². The van der Waals surface area contributed by atoms with Crippen molar-refractivity contribution >= 4 is 21.6 Å². The molecule has 3 nitrogen and oxygen atoms in total. The number of hydrogen-bond donors (Lipinski definition) is 0. The van der Waals surface area contributed by atoms with Gasteiger partial charge >= 0.3 is 0 Å². The lowest BCUT2D eigenvalue weighted by molar-refractivity contribution is 0.297. The lowest BCUT2D eigenvalue weighted by atomic mass is 10.0. The molecule has 0 saturated heterocycles. The van der Waals surface area contributed by atoms with Crippen molar-refractivity contribution in [3.05, 3.63) is 53.2 Å². The van der Waals surface area contributed by atoms with Gasteiger partial charge in [-0.1, -0.05) is 38.1 Å². The Balaban J connectivity index is 1.74. The second-order valence-corrected chi connectivity index (χ2v) is 5.90. The number of nitrogens with zero attached hydrogens (tertiary/aromatic N) is 2. The number of fused-ring (bicyclic) bond motifs is 1. The number of thiophene rings is 1. The molecule has 0 aliphatic carbocycles. The van der Waals surface area contributed by atoms with E-state index in [4.69, 9.17) is 4.74 Å². The standard InChI is InChI=1S/C16H16N2OS/c1-11(2)13-5-3-12(4-6-13)9-19-15-14-7-8-20-16(14)18-10-17-15/h3-8,10-11H,9H2,1-2H3. The molecule has 4 heteroatoms. The Kier molecular flexibility index (Phi) is 3.65. The number of ether oxygens (including phenoxy) is 1. The molecular weight excluding hydrogens is 268 g/mol. The van der Waals surface area contributed by atoms with Crippen LogP contribution in [0.2, 0.25) is 0 Å². The van der Waals surface area contributed by atoms with Gasteiger partial charge in [0.25, 0.3) is 0 Å². The van der Waals surface area contributed by atoms with Gasteiger partial charge in [0.2, 0.25) is 5.88 Å². The zero-order valence-corrected chi connectivity index (χ0v) is 12.4. The van der Waals surface area contributed by atoms with E-state index in [1.807, 2.05) is 11.4 Å². The van der Waals surface area contributed by atoms with Crippen molar-refractivity contribution in [3.63, 3.8) is 0 Å². The highest BCUT2D eigenvalue weighted by atomic mass is 32.1. The van der Waals surface area contributed by atoms with Gasteiger partial charge in [-0.25, -0.2) is 9.97 Å². The monoisotopic (exact) mass is 284 g/mol. The summed E-state index contributed by atoms with van der Waals surface area (Å²) in [7, 11) is 0. The molecule has 102 valence electrons. The van der Waals surface area contributed by atoms with Crippen LogP contribution in [0, 0.1) is 0 Å². The average Bonchev–Trinajstić information content (AvgIpc) is 2.94. The summed E-state index contributed by atoms with van der Waals surface area (Å²) < 4.78 is 5.82. The van der Waals surface area contributed by atoms with Crippen molar-refractivity contribution in [2.24, 2.45) is 0 Å². The van der Waals surface area contributed by atoms with Crippen LogP contribution < -0.4 is 4.74 Å². The molecule has 0 N–H and O–H groups in total. The van der Waals surface area contributed by atoms with Gasteiger partial charge in [0.05, 0.1) is 5.39 Å². The molecule has 0 atom stereocenters. The first-order valence-electron chi connectivity index (χ1n) is 6.64. The maximum atomic E-state index is 5.82. The molecule has 0 bridgehead atoms. The van der Waals surface area contributed by atoms with E-state index in [2.05, 4.69) is 48.1 Å². The third-order valence-corrected chi connectivity index (χ3v) is 4.07. The van der Waals surface area contributed by atoms with Gasteiger partial charge in [0, 0.05) is 0 Å². The van der Waals surface area contributed by atoms with Crippen molar-refractivity contribution in [2.75, 3.05) is 0 Å². The third-order valence-electron chi connectivity index (χ3n) is 3.25. The predicted molar refractivity (Wildman–Crippen MR) is 82.3 cm³/mol. The summed E-state index contributed by atoms with van der Waals surface area (Å²) in [6.45, 7) is 4.92. The van der Waals surface area contributed by atoms with Gasteiger partial charge in [-0.2, -0.15) is 0 Å². The molecule has 2 aromatic heterocycles. The summed E-state index contributed by atoms with van der Waals surface area (Å²) in [4.78, 5) is 9.39. The van der Waals surface area contributed by atoms with Crippen LogP contribution in [0.1, 0.15) is 30.9 Å². The van der Waals surface area contributed by atoms with Crippen LogP contribution in [0.15, 0.2) is 42.0 Å². The van der Waals surface area contributed by atoms with Gasteiger partial charge in [-0.05, 0) is 28.5 Å². The highest BCUT2D eigenvalue weighted by Crippen LogP contribution is 2.26. The number of aromatic nitrogens is 2. The van der Waals surface area contributed by atoms with Crippen LogP contribution in [-0.4, -0.2) is 9.97 Å².